The van der Waals surface area contributed by atoms with Crippen molar-refractivity contribution < 1.29 is 53.6 Å². The van der Waals surface area contributed by atoms with Gasteiger partial charge in [0.05, 0.1) is 31.5 Å². The smallest absolute Gasteiger partial charge is 0.283 e. The molecule has 9 rings (SSSR count). The first-order valence-corrected chi connectivity index (χ1v) is 24.2. The number of ether oxygens (including phenoxy) is 7. The maximum absolute atomic E-state index is 12.6. The van der Waals surface area contributed by atoms with Crippen molar-refractivity contribution in [2.24, 2.45) is 59.2 Å². The van der Waals surface area contributed by atoms with Crippen LogP contribution in [0.1, 0.15) is 119 Å². The fraction of sp³-hybridized carbons (Fsp3) is 0.872. The minimum atomic E-state index is -1.39. The molecule has 4 unspecified atom stereocenters. The molecule has 59 heavy (non-hydrogen) atoms. The average molecular weight is 845 g/mol. The van der Waals surface area contributed by atoms with Crippen LogP contribution in [0, 0.1) is 59.2 Å². The molecule has 0 amide bonds. The Bertz CT molecular complexity index is 1520. The Morgan fingerprint density at radius 3 is 1.61 bits per heavy atom. The van der Waals surface area contributed by atoms with Crippen LogP contribution in [0.25, 0.3) is 0 Å². The van der Waals surface area contributed by atoms with Gasteiger partial charge in [0.2, 0.25) is 0 Å². The van der Waals surface area contributed by atoms with Gasteiger partial charge >= 0.3 is 0 Å². The lowest BCUT2D eigenvalue weighted by atomic mass is 9.57. The van der Waals surface area contributed by atoms with Crippen LogP contribution in [-0.4, -0.2) is 99.0 Å². The highest BCUT2D eigenvalue weighted by atomic mass is 32.2. The SMILES string of the molecule is C[C@H]1[C@@H](CC2COC3(CCCSc4ccccc4)OCC(C[C@H]4O[C@@H]5OC(C)(O)CC[C@H]6[C@H](C)CC[C@@H]([C@H]4C)[C@@]56O)C2O3)O[C@@H]2OC(C)(O)CC[C@H]3[C@H](C)CC[C@@H]1[C@@]23O. The molecule has 332 valence electrons. The van der Waals surface area contributed by atoms with Crippen LogP contribution in [0.3, 0.4) is 0 Å². The Hall–Kier alpha value is -0.870. The van der Waals surface area contributed by atoms with Gasteiger partial charge in [-0.3, -0.25) is 0 Å². The normalized spacial score (nSPS) is 53.4. The van der Waals surface area contributed by atoms with Crippen LogP contribution in [0.4, 0.5) is 0 Å². The summed E-state index contributed by atoms with van der Waals surface area (Å²) < 4.78 is 46.8. The van der Waals surface area contributed by atoms with Crippen molar-refractivity contribution in [3.63, 3.8) is 0 Å². The van der Waals surface area contributed by atoms with Crippen molar-refractivity contribution >= 4 is 11.8 Å². The molecule has 4 N–H and O–H groups in total. The van der Waals surface area contributed by atoms with Gasteiger partial charge in [0, 0.05) is 36.0 Å². The molecule has 6 heterocycles. The van der Waals surface area contributed by atoms with E-state index in [1.807, 2.05) is 17.8 Å². The van der Waals surface area contributed by atoms with E-state index in [1.165, 1.54) is 4.90 Å². The lowest BCUT2D eigenvalue weighted by Gasteiger charge is -2.59. The lowest BCUT2D eigenvalue weighted by molar-refractivity contribution is -0.465. The second-order valence-corrected chi connectivity index (χ2v) is 22.0. The largest absolute Gasteiger partial charge is 0.384 e. The summed E-state index contributed by atoms with van der Waals surface area (Å²) in [6.07, 6.45) is 6.33. The van der Waals surface area contributed by atoms with E-state index in [1.54, 1.807) is 13.8 Å². The van der Waals surface area contributed by atoms with Crippen LogP contribution in [0.2, 0.25) is 0 Å². The molecule has 0 radical (unpaired) electrons. The molecule has 1 aromatic rings. The Kier molecular flexibility index (Phi) is 12.0. The van der Waals surface area contributed by atoms with E-state index in [9.17, 15) is 20.4 Å². The standard InChI is InChI=1S/C47H72O11S/c1-27-13-15-36-29(3)38(54-41-46(36,50)34(27)17-20-43(5,48)57-41)23-31-25-52-45(19-10-22-59-33-11-8-7-9-12-33)53-26-32(40(31)56-45)24-39-30(4)37-16-14-28(2)35-18-21-44(6,49)58-42(55-39)47(35,37)51/h7-9,11-12,27-32,34-42,48-51H,10,13-26H2,1-6H3/t27-,28-,29-,30-,31?,32?,34+,35+,36+,37+,38-,39-,40?,41-,42-,43?,44?,45?,46-,47-/m1/s1. The number of benzene rings is 1. The van der Waals surface area contributed by atoms with Crippen LogP contribution in [0.5, 0.6) is 0 Å². The summed E-state index contributed by atoms with van der Waals surface area (Å²) in [5.74, 6) is -2.41. The second-order valence-electron chi connectivity index (χ2n) is 20.8. The lowest BCUT2D eigenvalue weighted by Crippen LogP contribution is -2.68. The fourth-order valence-corrected chi connectivity index (χ4v) is 14.4. The van der Waals surface area contributed by atoms with Crippen molar-refractivity contribution in [1.82, 2.24) is 0 Å². The predicted octanol–water partition coefficient (Wildman–Crippen LogP) is 7.22. The van der Waals surface area contributed by atoms with Gasteiger partial charge < -0.3 is 53.6 Å². The van der Waals surface area contributed by atoms with E-state index in [4.69, 9.17) is 33.2 Å². The molecule has 0 spiro atoms. The Labute approximate surface area is 355 Å². The van der Waals surface area contributed by atoms with Crippen LogP contribution < -0.4 is 0 Å². The van der Waals surface area contributed by atoms with Gasteiger partial charge in [0.1, 0.15) is 11.2 Å². The van der Waals surface area contributed by atoms with Crippen molar-refractivity contribution in [1.29, 1.82) is 0 Å². The molecule has 2 bridgehead atoms. The molecule has 2 saturated carbocycles. The van der Waals surface area contributed by atoms with Crippen molar-refractivity contribution in [3.8, 4) is 0 Å². The average Bonchev–Trinajstić information content (AvgIpc) is 3.37. The summed E-state index contributed by atoms with van der Waals surface area (Å²) in [6.45, 7) is 13.2. The first-order chi connectivity index (χ1) is 28.0. The van der Waals surface area contributed by atoms with E-state index in [0.717, 1.165) is 37.9 Å². The maximum Gasteiger partial charge on any atom is 0.283 e. The van der Waals surface area contributed by atoms with Gasteiger partial charge in [-0.05, 0) is 137 Å². The molecule has 11 nitrogen and oxygen atoms in total. The number of thioether (sulfide) groups is 1. The Morgan fingerprint density at radius 1 is 0.627 bits per heavy atom. The van der Waals surface area contributed by atoms with Gasteiger partial charge in [0.25, 0.3) is 5.97 Å². The maximum atomic E-state index is 12.6. The zero-order valence-corrected chi connectivity index (χ0v) is 37.0. The van der Waals surface area contributed by atoms with Gasteiger partial charge in [-0.15, -0.1) is 11.8 Å². The molecule has 8 aliphatic rings. The Morgan fingerprint density at radius 2 is 1.12 bits per heavy atom. The third-order valence-electron chi connectivity index (χ3n) is 17.0. The quantitative estimate of drug-likeness (QED) is 0.147. The number of fused-ring (bicyclic) bond motifs is 2. The monoisotopic (exact) mass is 844 g/mol. The van der Waals surface area contributed by atoms with Crippen LogP contribution in [0.15, 0.2) is 35.2 Å². The number of rotatable bonds is 9. The van der Waals surface area contributed by atoms with E-state index in [2.05, 4.69) is 52.0 Å². The van der Waals surface area contributed by atoms with Crippen molar-refractivity contribution in [3.05, 3.63) is 30.3 Å². The summed E-state index contributed by atoms with van der Waals surface area (Å²) in [6, 6.07) is 10.4. The highest BCUT2D eigenvalue weighted by Gasteiger charge is 2.66. The number of hydrogen-bond acceptors (Lipinski definition) is 12. The summed E-state index contributed by atoms with van der Waals surface area (Å²) in [7, 11) is 0. The highest BCUT2D eigenvalue weighted by molar-refractivity contribution is 7.99. The zero-order chi connectivity index (χ0) is 41.5. The van der Waals surface area contributed by atoms with E-state index in [-0.39, 0.29) is 65.7 Å². The van der Waals surface area contributed by atoms with E-state index < -0.39 is 41.3 Å². The molecule has 6 saturated heterocycles. The molecule has 6 aliphatic heterocycles. The molecule has 12 heteroatoms. The van der Waals surface area contributed by atoms with Gasteiger partial charge in [0.15, 0.2) is 24.2 Å². The molecule has 18 atom stereocenters. The summed E-state index contributed by atoms with van der Waals surface area (Å²) in [5.41, 5.74) is -2.34. The summed E-state index contributed by atoms with van der Waals surface area (Å²) in [4.78, 5) is 1.23. The third-order valence-corrected chi connectivity index (χ3v) is 18.1. The van der Waals surface area contributed by atoms with Gasteiger partial charge in [-0.25, -0.2) is 0 Å². The minimum absolute atomic E-state index is 0.00977. The first kappa shape index (κ1) is 43.4. The van der Waals surface area contributed by atoms with Crippen LogP contribution >= 0.6 is 11.8 Å². The zero-order valence-electron chi connectivity index (χ0n) is 36.2. The molecule has 0 aromatic heterocycles. The van der Waals surface area contributed by atoms with Gasteiger partial charge in [-0.1, -0.05) is 45.9 Å². The third kappa shape index (κ3) is 7.91. The minimum Gasteiger partial charge on any atom is -0.384 e. The number of hydrogen-bond donors (Lipinski definition) is 4. The van der Waals surface area contributed by atoms with Gasteiger partial charge in [-0.2, -0.15) is 0 Å². The number of aliphatic hydroxyl groups is 4. The van der Waals surface area contributed by atoms with E-state index in [0.29, 0.717) is 70.0 Å². The molecule has 8 fully saturated rings. The van der Waals surface area contributed by atoms with E-state index >= 15 is 0 Å². The first-order valence-electron chi connectivity index (χ1n) is 23.2. The predicted molar refractivity (Wildman–Crippen MR) is 220 cm³/mol. The Balaban J connectivity index is 0.962. The summed E-state index contributed by atoms with van der Waals surface area (Å²) >= 11 is 1.82. The van der Waals surface area contributed by atoms with Crippen molar-refractivity contribution in [2.45, 2.75) is 183 Å². The molecule has 1 aromatic carbocycles. The van der Waals surface area contributed by atoms with Crippen LogP contribution in [-0.2, 0) is 33.2 Å². The molecular weight excluding hydrogens is 773 g/mol. The van der Waals surface area contributed by atoms with Crippen molar-refractivity contribution in [2.75, 3.05) is 19.0 Å². The molecule has 2 aliphatic carbocycles. The molecular formula is C47H72O11S. The fourth-order valence-electron chi connectivity index (χ4n) is 13.6. The summed E-state index contributed by atoms with van der Waals surface area (Å²) in [5, 5.41) is 47.7. The highest BCUT2D eigenvalue weighted by Crippen LogP contribution is 2.59. The second kappa shape index (κ2) is 16.3. The topological polar surface area (TPSA) is 146 Å².